The second kappa shape index (κ2) is 7.00. The van der Waals surface area contributed by atoms with Crippen molar-refractivity contribution in [1.82, 2.24) is 5.32 Å². The largest absolute Gasteiger partial charge is 0.367 e. The lowest BCUT2D eigenvalue weighted by molar-refractivity contribution is -0.145. The fourth-order valence-corrected chi connectivity index (χ4v) is 5.44. The van der Waals surface area contributed by atoms with Crippen LogP contribution in [0.5, 0.6) is 0 Å². The molecule has 8 heteroatoms. The lowest BCUT2D eigenvalue weighted by Crippen LogP contribution is -2.73. The first-order valence-corrected chi connectivity index (χ1v) is 10.7. The van der Waals surface area contributed by atoms with Crippen LogP contribution in [0.1, 0.15) is 24.8 Å². The number of carbonyl (C=O) groups is 3. The van der Waals surface area contributed by atoms with Crippen molar-refractivity contribution in [3.05, 3.63) is 58.1 Å². The molecule has 3 aliphatic rings. The maximum Gasteiger partial charge on any atom is 0.335 e. The molecule has 0 saturated carbocycles. The Kier molecular flexibility index (Phi) is 4.52. The Labute approximate surface area is 183 Å². The average Bonchev–Trinajstić information content (AvgIpc) is 2.74. The van der Waals surface area contributed by atoms with Crippen molar-refractivity contribution in [3.63, 3.8) is 0 Å². The molecule has 3 heterocycles. The lowest BCUT2D eigenvalue weighted by atomic mass is 9.66. The van der Waals surface area contributed by atoms with Gasteiger partial charge in [0.1, 0.15) is 0 Å². The summed E-state index contributed by atoms with van der Waals surface area (Å²) in [7, 11) is 0. The van der Waals surface area contributed by atoms with Gasteiger partial charge in [0.25, 0.3) is 5.91 Å². The van der Waals surface area contributed by atoms with E-state index in [2.05, 4.69) is 10.2 Å². The van der Waals surface area contributed by atoms with Gasteiger partial charge in [-0.05, 0) is 55.5 Å². The Bertz CT molecular complexity index is 1090. The molecule has 1 spiro atoms. The summed E-state index contributed by atoms with van der Waals surface area (Å²) in [5.74, 6) is -1.09. The van der Waals surface area contributed by atoms with Crippen LogP contribution in [0.15, 0.2) is 42.5 Å². The maximum absolute atomic E-state index is 14.0. The van der Waals surface area contributed by atoms with Crippen LogP contribution in [-0.4, -0.2) is 30.4 Å². The highest BCUT2D eigenvalue weighted by Crippen LogP contribution is 2.48. The van der Waals surface area contributed by atoms with Crippen LogP contribution in [0.2, 0.25) is 10.0 Å². The summed E-state index contributed by atoms with van der Waals surface area (Å²) in [5.41, 5.74) is 0.747. The molecule has 0 bridgehead atoms. The predicted octanol–water partition coefficient (Wildman–Crippen LogP) is 4.18. The molecule has 1 N–H and O–H groups in total. The van der Waals surface area contributed by atoms with Crippen LogP contribution >= 0.6 is 23.2 Å². The standard InChI is InChI=1S/C22H19Cl2N3O3/c23-14-8-9-15(24)17(11-14)27-20(29)22(19(28)25-21(27)30)12-13-5-1-2-6-16(13)26-10-4-3-7-18(22)26/h1-2,5-6,8-9,11,18H,3-4,7,10,12H2,(H,25,28,30)/t18-,22+/m0/s1. The SMILES string of the molecule is O=C1NC(=O)[C@]2(Cc3ccccc3N3CCCC[C@H]32)C(=O)N1c1cc(Cl)ccc1Cl. The van der Waals surface area contributed by atoms with Crippen molar-refractivity contribution < 1.29 is 14.4 Å². The number of fused-ring (bicyclic) bond motifs is 4. The van der Waals surface area contributed by atoms with Crippen LogP contribution in [0.3, 0.4) is 0 Å². The van der Waals surface area contributed by atoms with Crippen molar-refractivity contribution in [2.24, 2.45) is 5.41 Å². The van der Waals surface area contributed by atoms with Crippen LogP contribution in [0.4, 0.5) is 16.2 Å². The minimum Gasteiger partial charge on any atom is -0.367 e. The van der Waals surface area contributed by atoms with E-state index in [1.165, 1.54) is 12.1 Å². The van der Waals surface area contributed by atoms with Gasteiger partial charge in [-0.3, -0.25) is 14.9 Å². The number of imide groups is 2. The second-order valence-corrected chi connectivity index (χ2v) is 8.82. The fraction of sp³-hybridized carbons (Fsp3) is 0.318. The predicted molar refractivity (Wildman–Crippen MR) is 115 cm³/mol. The molecule has 2 atom stereocenters. The molecule has 0 radical (unpaired) electrons. The Morgan fingerprint density at radius 3 is 2.63 bits per heavy atom. The van der Waals surface area contributed by atoms with Gasteiger partial charge in [0.05, 0.1) is 16.8 Å². The average molecular weight is 444 g/mol. The molecule has 0 unspecified atom stereocenters. The third-order valence-corrected chi connectivity index (χ3v) is 6.96. The van der Waals surface area contributed by atoms with Gasteiger partial charge in [0, 0.05) is 17.3 Å². The van der Waals surface area contributed by atoms with Gasteiger partial charge in [-0.2, -0.15) is 0 Å². The van der Waals surface area contributed by atoms with Crippen LogP contribution in [0, 0.1) is 5.41 Å². The Balaban J connectivity index is 1.68. The number of barbiturate groups is 1. The van der Waals surface area contributed by atoms with Gasteiger partial charge in [0.2, 0.25) is 5.91 Å². The van der Waals surface area contributed by atoms with Gasteiger partial charge >= 0.3 is 6.03 Å². The summed E-state index contributed by atoms with van der Waals surface area (Å²) >= 11 is 12.4. The fourth-order valence-electron chi connectivity index (χ4n) is 5.07. The van der Waals surface area contributed by atoms with Gasteiger partial charge in [-0.25, -0.2) is 9.69 Å². The number of halogens is 2. The Hall–Kier alpha value is -2.57. The highest BCUT2D eigenvalue weighted by molar-refractivity contribution is 6.39. The third kappa shape index (κ3) is 2.67. The molecular formula is C22H19Cl2N3O3. The molecule has 6 nitrogen and oxygen atoms in total. The quantitative estimate of drug-likeness (QED) is 0.671. The van der Waals surface area contributed by atoms with Crippen molar-refractivity contribution in [3.8, 4) is 0 Å². The van der Waals surface area contributed by atoms with Crippen LogP contribution < -0.4 is 15.1 Å². The van der Waals surface area contributed by atoms with Crippen LogP contribution in [-0.2, 0) is 16.0 Å². The van der Waals surface area contributed by atoms with Gasteiger partial charge < -0.3 is 4.90 Å². The number of para-hydroxylation sites is 1. The van der Waals surface area contributed by atoms with Crippen molar-refractivity contribution in [1.29, 1.82) is 0 Å². The summed E-state index contributed by atoms with van der Waals surface area (Å²) < 4.78 is 0. The van der Waals surface area contributed by atoms with E-state index in [0.717, 1.165) is 35.5 Å². The first-order valence-electron chi connectivity index (χ1n) is 9.93. The summed E-state index contributed by atoms with van der Waals surface area (Å²) in [6, 6.07) is 11.3. The number of anilines is 2. The number of nitrogens with zero attached hydrogens (tertiary/aromatic N) is 2. The van der Waals surface area contributed by atoms with E-state index < -0.39 is 23.3 Å². The second-order valence-electron chi connectivity index (χ2n) is 7.98. The van der Waals surface area contributed by atoms with E-state index >= 15 is 0 Å². The number of rotatable bonds is 1. The Morgan fingerprint density at radius 1 is 1.00 bits per heavy atom. The number of urea groups is 1. The van der Waals surface area contributed by atoms with E-state index in [4.69, 9.17) is 23.2 Å². The summed E-state index contributed by atoms with van der Waals surface area (Å²) in [4.78, 5) is 43.2. The molecule has 2 aromatic carbocycles. The summed E-state index contributed by atoms with van der Waals surface area (Å²) in [6.45, 7) is 0.760. The number of piperidine rings is 1. The molecule has 4 amide bonds. The van der Waals surface area contributed by atoms with Crippen molar-refractivity contribution in [2.75, 3.05) is 16.3 Å². The molecule has 0 aliphatic carbocycles. The normalized spacial score (nSPS) is 25.8. The molecule has 2 aromatic rings. The first kappa shape index (κ1) is 19.4. The zero-order valence-corrected chi connectivity index (χ0v) is 17.5. The maximum atomic E-state index is 14.0. The third-order valence-electron chi connectivity index (χ3n) is 6.40. The number of benzene rings is 2. The number of hydrogen-bond donors (Lipinski definition) is 1. The monoisotopic (exact) mass is 443 g/mol. The molecular weight excluding hydrogens is 425 g/mol. The van der Waals surface area contributed by atoms with Crippen LogP contribution in [0.25, 0.3) is 0 Å². The number of nitrogens with one attached hydrogen (secondary N) is 1. The molecule has 2 fully saturated rings. The van der Waals surface area contributed by atoms with E-state index in [0.29, 0.717) is 11.4 Å². The molecule has 0 aromatic heterocycles. The van der Waals surface area contributed by atoms with Gasteiger partial charge in [-0.15, -0.1) is 0 Å². The number of hydrogen-bond acceptors (Lipinski definition) is 4. The minimum absolute atomic E-state index is 0.180. The zero-order chi connectivity index (χ0) is 21.0. The molecule has 30 heavy (non-hydrogen) atoms. The molecule has 5 rings (SSSR count). The molecule has 2 saturated heterocycles. The topological polar surface area (TPSA) is 69.7 Å². The zero-order valence-electron chi connectivity index (χ0n) is 16.0. The lowest BCUT2D eigenvalue weighted by Gasteiger charge is -2.53. The number of amides is 4. The smallest absolute Gasteiger partial charge is 0.335 e. The highest BCUT2D eigenvalue weighted by atomic mass is 35.5. The van der Waals surface area contributed by atoms with E-state index in [1.807, 2.05) is 24.3 Å². The van der Waals surface area contributed by atoms with Gasteiger partial charge in [0.15, 0.2) is 5.41 Å². The number of carbonyl (C=O) groups excluding carboxylic acids is 3. The summed E-state index contributed by atoms with van der Waals surface area (Å²) in [6.07, 6.45) is 2.83. The Morgan fingerprint density at radius 2 is 1.80 bits per heavy atom. The van der Waals surface area contributed by atoms with E-state index in [1.54, 1.807) is 6.07 Å². The highest BCUT2D eigenvalue weighted by Gasteiger charge is 2.62. The molecule has 154 valence electrons. The van der Waals surface area contributed by atoms with Gasteiger partial charge in [-0.1, -0.05) is 41.4 Å². The van der Waals surface area contributed by atoms with E-state index in [-0.39, 0.29) is 23.2 Å². The van der Waals surface area contributed by atoms with E-state index in [9.17, 15) is 14.4 Å². The summed E-state index contributed by atoms with van der Waals surface area (Å²) in [5, 5.41) is 2.98. The minimum atomic E-state index is -1.41. The van der Waals surface area contributed by atoms with Crippen molar-refractivity contribution >= 4 is 52.4 Å². The molecule has 3 aliphatic heterocycles. The first-order chi connectivity index (χ1) is 14.4. The van der Waals surface area contributed by atoms with Crippen molar-refractivity contribution in [2.45, 2.75) is 31.7 Å².